The van der Waals surface area contributed by atoms with Gasteiger partial charge in [0.05, 0.1) is 5.92 Å². The minimum atomic E-state index is -1.56. The average molecular weight is 385 g/mol. The van der Waals surface area contributed by atoms with E-state index in [2.05, 4.69) is 6.92 Å². The van der Waals surface area contributed by atoms with Crippen molar-refractivity contribution in [1.29, 1.82) is 0 Å². The van der Waals surface area contributed by atoms with Crippen molar-refractivity contribution >= 4 is 11.8 Å². The van der Waals surface area contributed by atoms with Crippen molar-refractivity contribution in [3.8, 4) is 0 Å². The van der Waals surface area contributed by atoms with Gasteiger partial charge in [0.2, 0.25) is 0 Å². The van der Waals surface area contributed by atoms with Crippen molar-refractivity contribution in [2.24, 2.45) is 5.92 Å². The third-order valence-electron chi connectivity index (χ3n) is 5.52. The topological polar surface area (TPSA) is 74.6 Å². The van der Waals surface area contributed by atoms with E-state index in [4.69, 9.17) is 5.11 Å². The number of unbranched alkanes of at least 4 members (excludes halogenated alkanes) is 15. The first-order valence-electron chi connectivity index (χ1n) is 11.4. The van der Waals surface area contributed by atoms with Gasteiger partial charge in [-0.15, -0.1) is 0 Å². The van der Waals surface area contributed by atoms with Gasteiger partial charge in [-0.1, -0.05) is 110 Å². The Balaban J connectivity index is 3.37. The fourth-order valence-electron chi connectivity index (χ4n) is 3.67. The Kier molecular flexibility index (Phi) is 17.8. The molecule has 0 aromatic carbocycles. The van der Waals surface area contributed by atoms with Crippen LogP contribution in [0.1, 0.15) is 123 Å². The van der Waals surface area contributed by atoms with Crippen LogP contribution in [-0.4, -0.2) is 28.1 Å². The lowest BCUT2D eigenvalue weighted by atomic mass is 9.91. The number of carboxylic acid groups (broad SMARTS) is 1. The van der Waals surface area contributed by atoms with Gasteiger partial charge in [-0.2, -0.15) is 0 Å². The third-order valence-corrected chi connectivity index (χ3v) is 5.52. The second kappa shape index (κ2) is 18.5. The highest BCUT2D eigenvalue weighted by Gasteiger charge is 2.28. The summed E-state index contributed by atoms with van der Waals surface area (Å²) in [6.45, 7) is 3.63. The first kappa shape index (κ1) is 26.1. The summed E-state index contributed by atoms with van der Waals surface area (Å²) in [4.78, 5) is 22.3. The van der Waals surface area contributed by atoms with Crippen molar-refractivity contribution in [2.75, 3.05) is 0 Å². The SMILES string of the molecule is CCCCCCCCCCCCCCCCCCC(C(C)=O)C(O)C(=O)O. The molecule has 4 heteroatoms. The van der Waals surface area contributed by atoms with E-state index in [1.165, 1.54) is 90.4 Å². The summed E-state index contributed by atoms with van der Waals surface area (Å²) in [6.07, 6.45) is 19.5. The van der Waals surface area contributed by atoms with Crippen LogP contribution in [0, 0.1) is 5.92 Å². The Hall–Kier alpha value is -0.900. The van der Waals surface area contributed by atoms with Crippen molar-refractivity contribution in [1.82, 2.24) is 0 Å². The molecule has 0 aliphatic carbocycles. The second-order valence-electron chi connectivity index (χ2n) is 8.09. The summed E-state index contributed by atoms with van der Waals surface area (Å²) < 4.78 is 0. The summed E-state index contributed by atoms with van der Waals surface area (Å²) >= 11 is 0. The normalized spacial score (nSPS) is 13.4. The van der Waals surface area contributed by atoms with E-state index in [1.54, 1.807) is 0 Å². The van der Waals surface area contributed by atoms with Crippen molar-refractivity contribution in [3.05, 3.63) is 0 Å². The monoisotopic (exact) mass is 384 g/mol. The number of hydrogen-bond acceptors (Lipinski definition) is 3. The highest BCUT2D eigenvalue weighted by Crippen LogP contribution is 2.18. The first-order valence-corrected chi connectivity index (χ1v) is 11.4. The molecule has 0 spiro atoms. The van der Waals surface area contributed by atoms with Gasteiger partial charge in [0.1, 0.15) is 5.78 Å². The van der Waals surface area contributed by atoms with Gasteiger partial charge in [0.25, 0.3) is 0 Å². The lowest BCUT2D eigenvalue weighted by molar-refractivity contribution is -0.152. The van der Waals surface area contributed by atoms with Crippen LogP contribution in [0.3, 0.4) is 0 Å². The van der Waals surface area contributed by atoms with Crippen LogP contribution < -0.4 is 0 Å². The molecule has 0 aliphatic heterocycles. The van der Waals surface area contributed by atoms with E-state index in [-0.39, 0.29) is 5.78 Å². The van der Waals surface area contributed by atoms with Crippen LogP contribution in [0.15, 0.2) is 0 Å². The molecule has 0 heterocycles. The van der Waals surface area contributed by atoms with Crippen LogP contribution in [0.5, 0.6) is 0 Å². The zero-order valence-electron chi connectivity index (χ0n) is 17.9. The minimum absolute atomic E-state index is 0.231. The molecule has 0 fully saturated rings. The van der Waals surface area contributed by atoms with E-state index >= 15 is 0 Å². The quantitative estimate of drug-likeness (QED) is 0.242. The molecular weight excluding hydrogens is 340 g/mol. The number of ketones is 1. The Labute approximate surface area is 167 Å². The molecule has 0 aliphatic rings. The molecule has 0 aromatic rings. The van der Waals surface area contributed by atoms with Gasteiger partial charge >= 0.3 is 5.97 Å². The second-order valence-corrected chi connectivity index (χ2v) is 8.09. The molecule has 2 atom stereocenters. The number of carboxylic acids is 1. The molecule has 160 valence electrons. The number of carbonyl (C=O) groups is 2. The minimum Gasteiger partial charge on any atom is -0.479 e. The maximum absolute atomic E-state index is 11.5. The summed E-state index contributed by atoms with van der Waals surface area (Å²) in [5.41, 5.74) is 0. The molecular formula is C23H44O4. The Morgan fingerprint density at radius 2 is 1.00 bits per heavy atom. The number of carbonyl (C=O) groups excluding carboxylic acids is 1. The average Bonchev–Trinajstić information content (AvgIpc) is 2.63. The van der Waals surface area contributed by atoms with E-state index in [0.717, 1.165) is 19.3 Å². The lowest BCUT2D eigenvalue weighted by Crippen LogP contribution is -2.33. The molecule has 4 nitrogen and oxygen atoms in total. The zero-order valence-corrected chi connectivity index (χ0v) is 17.9. The van der Waals surface area contributed by atoms with E-state index in [1.807, 2.05) is 0 Å². The van der Waals surface area contributed by atoms with Crippen LogP contribution in [-0.2, 0) is 9.59 Å². The number of Topliss-reactive ketones (excluding diaryl/α,β-unsaturated/α-hetero) is 1. The maximum atomic E-state index is 11.5. The Morgan fingerprint density at radius 1 is 0.667 bits per heavy atom. The molecule has 0 rings (SSSR count). The van der Waals surface area contributed by atoms with Gasteiger partial charge < -0.3 is 10.2 Å². The van der Waals surface area contributed by atoms with Crippen LogP contribution in [0.2, 0.25) is 0 Å². The van der Waals surface area contributed by atoms with Crippen LogP contribution in [0.25, 0.3) is 0 Å². The molecule has 0 saturated heterocycles. The fourth-order valence-corrected chi connectivity index (χ4v) is 3.67. The molecule has 0 radical (unpaired) electrons. The van der Waals surface area contributed by atoms with E-state index < -0.39 is 18.0 Å². The lowest BCUT2D eigenvalue weighted by Gasteiger charge is -2.16. The molecule has 0 aromatic heterocycles. The standard InChI is InChI=1S/C23H44O4/c1-3-4-5-6-7-8-9-10-11-12-13-14-15-16-17-18-19-21(20(2)24)22(25)23(26)27/h21-22,25H,3-19H2,1-2H3,(H,26,27). The summed E-state index contributed by atoms with van der Waals surface area (Å²) in [6, 6.07) is 0. The van der Waals surface area contributed by atoms with Crippen molar-refractivity contribution in [3.63, 3.8) is 0 Å². The van der Waals surface area contributed by atoms with Gasteiger partial charge in [0.15, 0.2) is 6.10 Å². The number of aliphatic hydroxyl groups excluding tert-OH is 1. The Morgan fingerprint density at radius 3 is 1.30 bits per heavy atom. The maximum Gasteiger partial charge on any atom is 0.333 e. The molecule has 0 amide bonds. The number of aliphatic carboxylic acids is 1. The number of rotatable bonds is 20. The zero-order chi connectivity index (χ0) is 20.3. The largest absolute Gasteiger partial charge is 0.479 e. The van der Waals surface area contributed by atoms with Gasteiger partial charge in [-0.25, -0.2) is 4.79 Å². The van der Waals surface area contributed by atoms with Gasteiger partial charge in [-0.3, -0.25) is 4.79 Å². The predicted molar refractivity (Wildman–Crippen MR) is 112 cm³/mol. The molecule has 0 saturated carbocycles. The first-order chi connectivity index (χ1) is 13.0. The summed E-state index contributed by atoms with van der Waals surface area (Å²) in [5.74, 6) is -2.29. The smallest absolute Gasteiger partial charge is 0.333 e. The third kappa shape index (κ3) is 15.8. The van der Waals surface area contributed by atoms with Crippen LogP contribution >= 0.6 is 0 Å². The molecule has 2 N–H and O–H groups in total. The summed E-state index contributed by atoms with van der Waals surface area (Å²) in [5, 5.41) is 18.4. The predicted octanol–water partition coefficient (Wildman–Crippen LogP) is 6.29. The fraction of sp³-hybridized carbons (Fsp3) is 0.913. The van der Waals surface area contributed by atoms with Crippen molar-refractivity contribution in [2.45, 2.75) is 129 Å². The molecule has 0 bridgehead atoms. The molecule has 27 heavy (non-hydrogen) atoms. The van der Waals surface area contributed by atoms with E-state index in [0.29, 0.717) is 6.42 Å². The van der Waals surface area contributed by atoms with Crippen LogP contribution in [0.4, 0.5) is 0 Å². The van der Waals surface area contributed by atoms with Gasteiger partial charge in [0, 0.05) is 0 Å². The molecule has 2 unspecified atom stereocenters. The number of aliphatic hydroxyl groups is 1. The summed E-state index contributed by atoms with van der Waals surface area (Å²) in [7, 11) is 0. The van der Waals surface area contributed by atoms with Gasteiger partial charge in [-0.05, 0) is 13.3 Å². The Bertz CT molecular complexity index is 367. The highest BCUT2D eigenvalue weighted by molar-refractivity contribution is 5.85. The van der Waals surface area contributed by atoms with Crippen molar-refractivity contribution < 1.29 is 19.8 Å². The highest BCUT2D eigenvalue weighted by atomic mass is 16.4. The van der Waals surface area contributed by atoms with E-state index in [9.17, 15) is 14.7 Å². The number of hydrogen-bond donors (Lipinski definition) is 2.